The van der Waals surface area contributed by atoms with Gasteiger partial charge in [-0.2, -0.15) is 10.4 Å². The van der Waals surface area contributed by atoms with Crippen molar-refractivity contribution in [1.29, 1.82) is 5.26 Å². The third-order valence-corrected chi connectivity index (χ3v) is 1.52. The number of aromatic nitrogens is 2. The lowest BCUT2D eigenvalue weighted by Gasteiger charge is -1.96. The van der Waals surface area contributed by atoms with Gasteiger partial charge in [-0.1, -0.05) is 0 Å². The normalized spacial score (nSPS) is 9.30. The summed E-state index contributed by atoms with van der Waals surface area (Å²) in [6.07, 6.45) is 1.60. The molecule has 0 radical (unpaired) electrons. The summed E-state index contributed by atoms with van der Waals surface area (Å²) < 4.78 is 1.80. The highest BCUT2D eigenvalue weighted by molar-refractivity contribution is 5.29. The van der Waals surface area contributed by atoms with Gasteiger partial charge in [-0.25, -0.2) is 0 Å². The maximum Gasteiger partial charge on any atom is 0.103 e. The molecule has 0 amide bonds. The molecule has 0 N–H and O–H groups in total. The van der Waals surface area contributed by atoms with Gasteiger partial charge < -0.3 is 0 Å². The second-order valence-corrected chi connectivity index (χ2v) is 2.07. The van der Waals surface area contributed by atoms with Crippen LogP contribution in [0.25, 0.3) is 0 Å². The predicted molar refractivity (Wildman–Crippen MR) is 37.4 cm³/mol. The van der Waals surface area contributed by atoms with Crippen molar-refractivity contribution in [2.75, 3.05) is 0 Å². The monoisotopic (exact) mass is 135 g/mol. The van der Waals surface area contributed by atoms with Crippen LogP contribution in [0, 0.1) is 18.3 Å². The third-order valence-electron chi connectivity index (χ3n) is 1.52. The molecule has 3 heteroatoms. The first kappa shape index (κ1) is 6.81. The molecule has 0 aliphatic rings. The highest BCUT2D eigenvalue weighted by Crippen LogP contribution is 2.03. The molecule has 0 spiro atoms. The quantitative estimate of drug-likeness (QED) is 0.578. The van der Waals surface area contributed by atoms with E-state index in [1.54, 1.807) is 10.9 Å². The molecule has 0 aliphatic carbocycles. The molecule has 0 fully saturated rings. The highest BCUT2D eigenvalue weighted by Gasteiger charge is 2.01. The van der Waals surface area contributed by atoms with E-state index in [0.717, 1.165) is 12.2 Å². The van der Waals surface area contributed by atoms with E-state index in [1.165, 1.54) is 0 Å². The molecule has 0 bridgehead atoms. The number of nitrogens with zero attached hydrogens (tertiary/aromatic N) is 3. The SMILES string of the molecule is CCn1ncc(C#N)c1C. The molecule has 10 heavy (non-hydrogen) atoms. The summed E-state index contributed by atoms with van der Waals surface area (Å²) in [6.45, 7) is 4.73. The first-order chi connectivity index (χ1) is 4.79. The van der Waals surface area contributed by atoms with Crippen LogP contribution in [-0.4, -0.2) is 9.78 Å². The van der Waals surface area contributed by atoms with Gasteiger partial charge in [0.1, 0.15) is 6.07 Å². The van der Waals surface area contributed by atoms with Gasteiger partial charge in [0, 0.05) is 6.54 Å². The van der Waals surface area contributed by atoms with E-state index in [-0.39, 0.29) is 0 Å². The Balaban J connectivity index is 3.12. The Labute approximate surface area is 59.9 Å². The van der Waals surface area contributed by atoms with E-state index in [9.17, 15) is 0 Å². The molecule has 3 nitrogen and oxygen atoms in total. The zero-order chi connectivity index (χ0) is 7.56. The number of rotatable bonds is 1. The molecule has 1 aromatic heterocycles. The van der Waals surface area contributed by atoms with Crippen LogP contribution in [0.1, 0.15) is 18.2 Å². The van der Waals surface area contributed by atoms with Gasteiger partial charge in [-0.3, -0.25) is 4.68 Å². The lowest BCUT2D eigenvalue weighted by Crippen LogP contribution is -1.98. The van der Waals surface area contributed by atoms with Crippen molar-refractivity contribution in [3.8, 4) is 6.07 Å². The minimum atomic E-state index is 0.668. The molecule has 0 aromatic carbocycles. The van der Waals surface area contributed by atoms with Gasteiger partial charge >= 0.3 is 0 Å². The maximum absolute atomic E-state index is 8.52. The van der Waals surface area contributed by atoms with Crippen molar-refractivity contribution in [2.45, 2.75) is 20.4 Å². The molecule has 0 saturated heterocycles. The Morgan fingerprint density at radius 1 is 1.80 bits per heavy atom. The summed E-state index contributed by atoms with van der Waals surface area (Å²) >= 11 is 0. The van der Waals surface area contributed by atoms with Crippen LogP contribution in [0.3, 0.4) is 0 Å². The highest BCUT2D eigenvalue weighted by atomic mass is 15.3. The summed E-state index contributed by atoms with van der Waals surface area (Å²) in [4.78, 5) is 0. The molecule has 52 valence electrons. The lowest BCUT2D eigenvalue weighted by molar-refractivity contribution is 0.639. The second kappa shape index (κ2) is 2.53. The van der Waals surface area contributed by atoms with Crippen molar-refractivity contribution in [3.63, 3.8) is 0 Å². The summed E-state index contributed by atoms with van der Waals surface area (Å²) in [6, 6.07) is 2.07. The van der Waals surface area contributed by atoms with Crippen LogP contribution < -0.4 is 0 Å². The first-order valence-corrected chi connectivity index (χ1v) is 3.22. The number of hydrogen-bond acceptors (Lipinski definition) is 2. The van der Waals surface area contributed by atoms with Gasteiger partial charge in [-0.15, -0.1) is 0 Å². The molecule has 1 aromatic rings. The van der Waals surface area contributed by atoms with Crippen LogP contribution in [0.15, 0.2) is 6.20 Å². The average molecular weight is 135 g/mol. The fraction of sp³-hybridized carbons (Fsp3) is 0.429. The van der Waals surface area contributed by atoms with Crippen LogP contribution >= 0.6 is 0 Å². The van der Waals surface area contributed by atoms with Gasteiger partial charge in [0.05, 0.1) is 17.5 Å². The predicted octanol–water partition coefficient (Wildman–Crippen LogP) is 1.08. The van der Waals surface area contributed by atoms with Crippen LogP contribution in [0.2, 0.25) is 0 Å². The van der Waals surface area contributed by atoms with Gasteiger partial charge in [-0.05, 0) is 13.8 Å². The van der Waals surface area contributed by atoms with Crippen molar-refractivity contribution >= 4 is 0 Å². The van der Waals surface area contributed by atoms with Crippen molar-refractivity contribution < 1.29 is 0 Å². The van der Waals surface area contributed by atoms with Crippen molar-refractivity contribution in [1.82, 2.24) is 9.78 Å². The Kier molecular flexibility index (Phi) is 1.72. The lowest BCUT2D eigenvalue weighted by atomic mass is 10.3. The molecule has 0 saturated carbocycles. The van der Waals surface area contributed by atoms with E-state index < -0.39 is 0 Å². The van der Waals surface area contributed by atoms with Gasteiger partial charge in [0.2, 0.25) is 0 Å². The molecule has 0 aliphatic heterocycles. The smallest absolute Gasteiger partial charge is 0.103 e. The molecular weight excluding hydrogens is 126 g/mol. The van der Waals surface area contributed by atoms with Crippen LogP contribution in [0.5, 0.6) is 0 Å². The summed E-state index contributed by atoms with van der Waals surface area (Å²) in [5.74, 6) is 0. The van der Waals surface area contributed by atoms with E-state index in [2.05, 4.69) is 11.2 Å². The Hall–Kier alpha value is -1.30. The molecule has 0 unspecified atom stereocenters. The number of hydrogen-bond donors (Lipinski definition) is 0. The van der Waals surface area contributed by atoms with E-state index >= 15 is 0 Å². The molecule has 1 heterocycles. The van der Waals surface area contributed by atoms with Crippen molar-refractivity contribution in [3.05, 3.63) is 17.5 Å². The Bertz CT molecular complexity index is 267. The van der Waals surface area contributed by atoms with Crippen molar-refractivity contribution in [2.24, 2.45) is 0 Å². The van der Waals surface area contributed by atoms with Gasteiger partial charge in [0.25, 0.3) is 0 Å². The third kappa shape index (κ3) is 0.883. The molecule has 0 atom stereocenters. The Morgan fingerprint density at radius 2 is 2.50 bits per heavy atom. The maximum atomic E-state index is 8.52. The van der Waals surface area contributed by atoms with E-state index in [4.69, 9.17) is 5.26 Å². The molecule has 1 rings (SSSR count). The minimum Gasteiger partial charge on any atom is -0.269 e. The summed E-state index contributed by atoms with van der Waals surface area (Å²) in [7, 11) is 0. The summed E-state index contributed by atoms with van der Waals surface area (Å²) in [5, 5.41) is 12.5. The standard InChI is InChI=1S/C7H9N3/c1-3-10-6(2)7(4-8)5-9-10/h5H,3H2,1-2H3. The minimum absolute atomic E-state index is 0.668. The second-order valence-electron chi connectivity index (χ2n) is 2.07. The fourth-order valence-electron chi connectivity index (χ4n) is 0.875. The number of nitriles is 1. The van der Waals surface area contributed by atoms with E-state index in [1.807, 2.05) is 13.8 Å². The topological polar surface area (TPSA) is 41.6 Å². The average Bonchev–Trinajstić information content (AvgIpc) is 2.30. The zero-order valence-corrected chi connectivity index (χ0v) is 6.13. The van der Waals surface area contributed by atoms with Crippen LogP contribution in [0.4, 0.5) is 0 Å². The van der Waals surface area contributed by atoms with Crippen LogP contribution in [-0.2, 0) is 6.54 Å². The molecular formula is C7H9N3. The largest absolute Gasteiger partial charge is 0.269 e. The van der Waals surface area contributed by atoms with Gasteiger partial charge in [0.15, 0.2) is 0 Å². The Morgan fingerprint density at radius 3 is 2.80 bits per heavy atom. The summed E-state index contributed by atoms with van der Waals surface area (Å²) in [5.41, 5.74) is 1.62. The fourth-order valence-corrected chi connectivity index (χ4v) is 0.875. The van der Waals surface area contributed by atoms with E-state index in [0.29, 0.717) is 5.56 Å². The number of aryl methyl sites for hydroxylation is 1. The first-order valence-electron chi connectivity index (χ1n) is 3.22. The zero-order valence-electron chi connectivity index (χ0n) is 6.13.